The second-order valence-electron chi connectivity index (χ2n) is 8.22. The van der Waals surface area contributed by atoms with E-state index in [4.69, 9.17) is 0 Å². The summed E-state index contributed by atoms with van der Waals surface area (Å²) in [7, 11) is 1.93. The summed E-state index contributed by atoms with van der Waals surface area (Å²) in [5.74, 6) is 3.77. The van der Waals surface area contributed by atoms with Gasteiger partial charge in [0.15, 0.2) is 5.96 Å². The molecule has 4 nitrogen and oxygen atoms in total. The molecule has 0 aromatic heterocycles. The predicted molar refractivity (Wildman–Crippen MR) is 119 cm³/mol. The Morgan fingerprint density at radius 3 is 2.78 bits per heavy atom. The van der Waals surface area contributed by atoms with Crippen molar-refractivity contribution in [3.05, 3.63) is 35.9 Å². The van der Waals surface area contributed by atoms with Crippen LogP contribution in [0.3, 0.4) is 0 Å². The number of guanidine groups is 1. The van der Waals surface area contributed by atoms with E-state index in [9.17, 15) is 0 Å². The summed E-state index contributed by atoms with van der Waals surface area (Å²) < 4.78 is 0. The van der Waals surface area contributed by atoms with Gasteiger partial charge in [0.05, 0.1) is 0 Å². The second kappa shape index (κ2) is 10.4. The third-order valence-corrected chi connectivity index (χ3v) is 7.37. The first kappa shape index (κ1) is 20.5. The van der Waals surface area contributed by atoms with Gasteiger partial charge in [0, 0.05) is 50.8 Å². The molecule has 1 N–H and O–H groups in total. The van der Waals surface area contributed by atoms with Crippen LogP contribution in [-0.2, 0) is 6.42 Å². The molecule has 0 saturated carbocycles. The zero-order valence-corrected chi connectivity index (χ0v) is 18.0. The molecule has 2 unspecified atom stereocenters. The van der Waals surface area contributed by atoms with Gasteiger partial charge in [-0.3, -0.25) is 4.99 Å². The largest absolute Gasteiger partial charge is 0.356 e. The fourth-order valence-corrected chi connectivity index (χ4v) is 5.35. The van der Waals surface area contributed by atoms with Gasteiger partial charge in [-0.1, -0.05) is 44.2 Å². The molecule has 3 rings (SSSR count). The van der Waals surface area contributed by atoms with Crippen molar-refractivity contribution in [1.29, 1.82) is 0 Å². The van der Waals surface area contributed by atoms with Crippen molar-refractivity contribution < 1.29 is 0 Å². The SMILES string of the molecule is CN=C(NCC1CCN(CCc2ccccc2)C1)N1CCSC(C(C)C)C1. The summed E-state index contributed by atoms with van der Waals surface area (Å²) in [5.41, 5.74) is 1.45. The minimum atomic E-state index is 0.720. The molecule has 1 aromatic carbocycles. The summed E-state index contributed by atoms with van der Waals surface area (Å²) in [4.78, 5) is 9.65. The summed E-state index contributed by atoms with van der Waals surface area (Å²) in [6, 6.07) is 10.8. The van der Waals surface area contributed by atoms with Crippen molar-refractivity contribution in [1.82, 2.24) is 15.1 Å². The lowest BCUT2D eigenvalue weighted by Gasteiger charge is -2.36. The number of aliphatic imine (C=N–C) groups is 1. The highest BCUT2D eigenvalue weighted by molar-refractivity contribution is 8.00. The first-order chi connectivity index (χ1) is 13.2. The normalized spacial score (nSPS) is 24.6. The number of rotatable bonds is 6. The summed E-state index contributed by atoms with van der Waals surface area (Å²) >= 11 is 2.12. The third-order valence-electron chi connectivity index (χ3n) is 5.83. The van der Waals surface area contributed by atoms with Crippen LogP contribution >= 0.6 is 11.8 Å². The molecular weight excluding hydrogens is 352 g/mol. The fraction of sp³-hybridized carbons (Fsp3) is 0.682. The van der Waals surface area contributed by atoms with E-state index in [0.29, 0.717) is 0 Å². The number of nitrogens with one attached hydrogen (secondary N) is 1. The zero-order valence-electron chi connectivity index (χ0n) is 17.2. The maximum Gasteiger partial charge on any atom is 0.193 e. The van der Waals surface area contributed by atoms with Crippen LogP contribution in [0, 0.1) is 11.8 Å². The molecule has 0 spiro atoms. The number of nitrogens with zero attached hydrogens (tertiary/aromatic N) is 3. The lowest BCUT2D eigenvalue weighted by atomic mass is 10.1. The number of thioether (sulfide) groups is 1. The minimum Gasteiger partial charge on any atom is -0.356 e. The van der Waals surface area contributed by atoms with Crippen LogP contribution < -0.4 is 5.32 Å². The molecule has 2 heterocycles. The molecule has 2 atom stereocenters. The van der Waals surface area contributed by atoms with Crippen LogP contribution in [0.15, 0.2) is 35.3 Å². The van der Waals surface area contributed by atoms with Gasteiger partial charge in [-0.15, -0.1) is 0 Å². The van der Waals surface area contributed by atoms with Gasteiger partial charge < -0.3 is 15.1 Å². The molecule has 2 aliphatic rings. The van der Waals surface area contributed by atoms with Crippen molar-refractivity contribution in [3.8, 4) is 0 Å². The van der Waals surface area contributed by atoms with Gasteiger partial charge in [0.1, 0.15) is 0 Å². The van der Waals surface area contributed by atoms with Crippen molar-refractivity contribution >= 4 is 17.7 Å². The average molecular weight is 389 g/mol. The highest BCUT2D eigenvalue weighted by Crippen LogP contribution is 2.25. The molecule has 0 bridgehead atoms. The van der Waals surface area contributed by atoms with Crippen LogP contribution in [0.4, 0.5) is 0 Å². The van der Waals surface area contributed by atoms with Crippen LogP contribution in [0.1, 0.15) is 25.8 Å². The fourth-order valence-electron chi connectivity index (χ4n) is 4.05. The van der Waals surface area contributed by atoms with Gasteiger partial charge in [-0.25, -0.2) is 0 Å². The minimum absolute atomic E-state index is 0.720. The molecule has 2 aliphatic heterocycles. The molecule has 0 amide bonds. The molecule has 1 aromatic rings. The second-order valence-corrected chi connectivity index (χ2v) is 9.57. The molecule has 0 aliphatic carbocycles. The zero-order chi connectivity index (χ0) is 19.1. The Morgan fingerprint density at radius 1 is 1.22 bits per heavy atom. The lowest BCUT2D eigenvalue weighted by molar-refractivity contribution is 0.326. The summed E-state index contributed by atoms with van der Waals surface area (Å²) in [5, 5.41) is 4.39. The Kier molecular flexibility index (Phi) is 7.89. The maximum absolute atomic E-state index is 4.57. The van der Waals surface area contributed by atoms with Crippen molar-refractivity contribution in [3.63, 3.8) is 0 Å². The van der Waals surface area contributed by atoms with Crippen molar-refractivity contribution in [2.75, 3.05) is 52.1 Å². The average Bonchev–Trinajstić information content (AvgIpc) is 3.16. The van der Waals surface area contributed by atoms with Crippen LogP contribution in [0.25, 0.3) is 0 Å². The van der Waals surface area contributed by atoms with E-state index >= 15 is 0 Å². The highest BCUT2D eigenvalue weighted by Gasteiger charge is 2.26. The van der Waals surface area contributed by atoms with E-state index in [1.807, 2.05) is 7.05 Å². The smallest absolute Gasteiger partial charge is 0.193 e. The molecule has 2 saturated heterocycles. The summed E-state index contributed by atoms with van der Waals surface area (Å²) in [6.07, 6.45) is 2.45. The molecule has 150 valence electrons. The Balaban J connectivity index is 1.40. The van der Waals surface area contributed by atoms with Gasteiger partial charge >= 0.3 is 0 Å². The number of hydrogen-bond donors (Lipinski definition) is 1. The Bertz CT molecular complexity index is 589. The Morgan fingerprint density at radius 2 is 2.04 bits per heavy atom. The number of benzene rings is 1. The van der Waals surface area contributed by atoms with E-state index in [1.54, 1.807) is 0 Å². The van der Waals surface area contributed by atoms with Crippen molar-refractivity contribution in [2.45, 2.75) is 31.9 Å². The topological polar surface area (TPSA) is 30.9 Å². The van der Waals surface area contributed by atoms with E-state index in [1.165, 1.54) is 37.4 Å². The number of likely N-dealkylation sites (tertiary alicyclic amines) is 1. The lowest BCUT2D eigenvalue weighted by Crippen LogP contribution is -2.50. The molecule has 0 radical (unpaired) electrons. The molecule has 2 fully saturated rings. The van der Waals surface area contributed by atoms with Crippen LogP contribution in [0.2, 0.25) is 0 Å². The summed E-state index contributed by atoms with van der Waals surface area (Å²) in [6.45, 7) is 11.6. The first-order valence-corrected chi connectivity index (χ1v) is 11.5. The van der Waals surface area contributed by atoms with E-state index < -0.39 is 0 Å². The third kappa shape index (κ3) is 6.15. The maximum atomic E-state index is 4.57. The number of hydrogen-bond acceptors (Lipinski definition) is 3. The Hall–Kier alpha value is -1.20. The van der Waals surface area contributed by atoms with Gasteiger partial charge in [0.2, 0.25) is 0 Å². The van der Waals surface area contributed by atoms with E-state index in [2.05, 4.69) is 76.1 Å². The highest BCUT2D eigenvalue weighted by atomic mass is 32.2. The van der Waals surface area contributed by atoms with Gasteiger partial charge in [-0.2, -0.15) is 11.8 Å². The van der Waals surface area contributed by atoms with Crippen LogP contribution in [0.5, 0.6) is 0 Å². The van der Waals surface area contributed by atoms with Crippen molar-refractivity contribution in [2.24, 2.45) is 16.8 Å². The Labute approximate surface area is 169 Å². The predicted octanol–water partition coefficient (Wildman–Crippen LogP) is 3.20. The van der Waals surface area contributed by atoms with Gasteiger partial charge in [-0.05, 0) is 36.8 Å². The molecule has 5 heteroatoms. The molecular formula is C22H36N4S. The first-order valence-electron chi connectivity index (χ1n) is 10.5. The van der Waals surface area contributed by atoms with E-state index in [0.717, 1.165) is 49.1 Å². The van der Waals surface area contributed by atoms with Gasteiger partial charge in [0.25, 0.3) is 0 Å². The molecule has 27 heavy (non-hydrogen) atoms. The monoisotopic (exact) mass is 388 g/mol. The standard InChI is InChI=1S/C22H36N4S/c1-18(2)21-17-26(13-14-27-21)22(23-3)24-15-20-10-12-25(16-20)11-9-19-7-5-4-6-8-19/h4-8,18,20-21H,9-17H2,1-3H3,(H,23,24). The van der Waals surface area contributed by atoms with E-state index in [-0.39, 0.29) is 0 Å². The van der Waals surface area contributed by atoms with Crippen LogP contribution in [-0.4, -0.2) is 73.1 Å². The quantitative estimate of drug-likeness (QED) is 0.599.